The van der Waals surface area contributed by atoms with Crippen molar-refractivity contribution in [3.63, 3.8) is 0 Å². The Morgan fingerprint density at radius 1 is 1.08 bits per heavy atom. The van der Waals surface area contributed by atoms with Gasteiger partial charge in [-0.2, -0.15) is 5.10 Å². The first-order valence-electron chi connectivity index (χ1n) is 8.79. The number of hydrogen-bond donors (Lipinski definition) is 1. The number of nitrogens with one attached hydrogen (secondary N) is 1. The summed E-state index contributed by atoms with van der Waals surface area (Å²) in [5, 5.41) is 7.87. The molecule has 3 aromatic rings. The van der Waals surface area contributed by atoms with Gasteiger partial charge in [0.25, 0.3) is 0 Å². The van der Waals surface area contributed by atoms with Gasteiger partial charge >= 0.3 is 0 Å². The van der Waals surface area contributed by atoms with Gasteiger partial charge < -0.3 is 10.1 Å². The van der Waals surface area contributed by atoms with E-state index in [2.05, 4.69) is 40.7 Å². The van der Waals surface area contributed by atoms with Crippen LogP contribution in [-0.4, -0.2) is 15.8 Å². The third kappa shape index (κ3) is 4.28. The van der Waals surface area contributed by atoms with E-state index in [1.807, 2.05) is 42.3 Å². The van der Waals surface area contributed by atoms with Crippen molar-refractivity contribution in [1.82, 2.24) is 15.1 Å². The number of ether oxygens (including phenoxy) is 1. The van der Waals surface area contributed by atoms with Crippen LogP contribution >= 0.6 is 0 Å². The molecule has 4 rings (SSSR count). The normalized spacial score (nSPS) is 13.8. The van der Waals surface area contributed by atoms with E-state index in [1.54, 1.807) is 0 Å². The molecule has 1 fully saturated rings. The van der Waals surface area contributed by atoms with E-state index in [4.69, 9.17) is 4.74 Å². The quantitative estimate of drug-likeness (QED) is 0.712. The van der Waals surface area contributed by atoms with E-state index in [0.29, 0.717) is 12.6 Å². The molecule has 4 nitrogen and oxygen atoms in total. The lowest BCUT2D eigenvalue weighted by atomic mass is 10.1. The summed E-state index contributed by atoms with van der Waals surface area (Å²) < 4.78 is 7.90. The standard InChI is InChI=1S/C21H23N3O/c1-24-14-19(13-23-24)18-9-17(12-22-20-7-8-20)10-21(11-18)25-15-16-5-3-2-4-6-16/h2-6,9-11,13-14,20,22H,7-8,12,15H2,1H3. The minimum atomic E-state index is 0.576. The zero-order chi connectivity index (χ0) is 17.1. The highest BCUT2D eigenvalue weighted by molar-refractivity contribution is 5.64. The molecular formula is C21H23N3O. The number of aryl methyl sites for hydroxylation is 1. The van der Waals surface area contributed by atoms with E-state index in [0.717, 1.165) is 23.4 Å². The Morgan fingerprint density at radius 2 is 1.92 bits per heavy atom. The van der Waals surface area contributed by atoms with Crippen LogP contribution in [0, 0.1) is 0 Å². The first kappa shape index (κ1) is 15.9. The molecule has 0 amide bonds. The predicted octanol–water partition coefficient (Wildman–Crippen LogP) is 3.92. The summed E-state index contributed by atoms with van der Waals surface area (Å²) in [6.07, 6.45) is 6.52. The van der Waals surface area contributed by atoms with E-state index >= 15 is 0 Å². The van der Waals surface area contributed by atoms with E-state index in [9.17, 15) is 0 Å². The molecule has 1 aromatic heterocycles. The molecule has 0 aliphatic heterocycles. The minimum Gasteiger partial charge on any atom is -0.489 e. The molecule has 0 bridgehead atoms. The summed E-state index contributed by atoms with van der Waals surface area (Å²) in [4.78, 5) is 0. The highest BCUT2D eigenvalue weighted by atomic mass is 16.5. The van der Waals surface area contributed by atoms with Gasteiger partial charge in [-0.05, 0) is 47.7 Å². The van der Waals surface area contributed by atoms with E-state index in [1.165, 1.54) is 24.0 Å². The molecule has 25 heavy (non-hydrogen) atoms. The first-order valence-corrected chi connectivity index (χ1v) is 8.79. The molecule has 2 aromatic carbocycles. The maximum atomic E-state index is 6.07. The van der Waals surface area contributed by atoms with E-state index in [-0.39, 0.29) is 0 Å². The van der Waals surface area contributed by atoms with Crippen LogP contribution < -0.4 is 10.1 Å². The molecule has 4 heteroatoms. The molecule has 1 saturated carbocycles. The van der Waals surface area contributed by atoms with Crippen molar-refractivity contribution in [2.24, 2.45) is 7.05 Å². The van der Waals surface area contributed by atoms with Gasteiger partial charge in [0.05, 0.1) is 6.20 Å². The monoisotopic (exact) mass is 333 g/mol. The minimum absolute atomic E-state index is 0.576. The lowest BCUT2D eigenvalue weighted by molar-refractivity contribution is 0.306. The summed E-state index contributed by atoms with van der Waals surface area (Å²) >= 11 is 0. The Morgan fingerprint density at radius 3 is 2.64 bits per heavy atom. The van der Waals surface area contributed by atoms with Gasteiger partial charge in [0.2, 0.25) is 0 Å². The summed E-state index contributed by atoms with van der Waals surface area (Å²) in [6.45, 7) is 1.45. The topological polar surface area (TPSA) is 39.1 Å². The van der Waals surface area contributed by atoms with Crippen LogP contribution in [0.3, 0.4) is 0 Å². The van der Waals surface area contributed by atoms with Crippen LogP contribution in [-0.2, 0) is 20.2 Å². The lowest BCUT2D eigenvalue weighted by Gasteiger charge is -2.12. The van der Waals surface area contributed by atoms with Crippen LogP contribution in [0.4, 0.5) is 0 Å². The second-order valence-electron chi connectivity index (χ2n) is 6.70. The van der Waals surface area contributed by atoms with Gasteiger partial charge in [-0.1, -0.05) is 30.3 Å². The first-order chi connectivity index (χ1) is 12.3. The van der Waals surface area contributed by atoms with E-state index < -0.39 is 0 Å². The zero-order valence-electron chi connectivity index (χ0n) is 14.5. The molecule has 1 heterocycles. The predicted molar refractivity (Wildman–Crippen MR) is 99.3 cm³/mol. The van der Waals surface area contributed by atoms with Crippen molar-refractivity contribution < 1.29 is 4.74 Å². The maximum absolute atomic E-state index is 6.07. The summed E-state index contributed by atoms with van der Waals surface area (Å²) in [7, 11) is 1.94. The van der Waals surface area contributed by atoms with Crippen molar-refractivity contribution in [3.8, 4) is 16.9 Å². The van der Waals surface area contributed by atoms with Crippen LogP contribution in [0.1, 0.15) is 24.0 Å². The Hall–Kier alpha value is -2.59. The fourth-order valence-electron chi connectivity index (χ4n) is 2.87. The van der Waals surface area contributed by atoms with Crippen molar-refractivity contribution >= 4 is 0 Å². The molecule has 128 valence electrons. The average molecular weight is 333 g/mol. The highest BCUT2D eigenvalue weighted by Crippen LogP contribution is 2.27. The molecule has 0 spiro atoms. The summed E-state index contributed by atoms with van der Waals surface area (Å²) in [5.74, 6) is 0.901. The Bertz CT molecular complexity index is 837. The fraction of sp³-hybridized carbons (Fsp3) is 0.286. The number of nitrogens with zero attached hydrogens (tertiary/aromatic N) is 2. The SMILES string of the molecule is Cn1cc(-c2cc(CNC3CC3)cc(OCc3ccccc3)c2)cn1. The van der Waals surface area contributed by atoms with Gasteiger partial charge in [-0.3, -0.25) is 4.68 Å². The van der Waals surface area contributed by atoms with Gasteiger partial charge in [-0.25, -0.2) is 0 Å². The van der Waals surface area contributed by atoms with Gasteiger partial charge in [-0.15, -0.1) is 0 Å². The summed E-state index contributed by atoms with van der Waals surface area (Å²) in [5.41, 5.74) is 4.68. The third-order valence-corrected chi connectivity index (χ3v) is 4.43. The Labute approximate surface area is 148 Å². The highest BCUT2D eigenvalue weighted by Gasteiger charge is 2.20. The number of hydrogen-bond acceptors (Lipinski definition) is 3. The molecule has 1 aliphatic carbocycles. The molecular weight excluding hydrogens is 310 g/mol. The van der Waals surface area contributed by atoms with Crippen molar-refractivity contribution in [1.29, 1.82) is 0 Å². The number of rotatable bonds is 7. The van der Waals surface area contributed by atoms with Crippen LogP contribution in [0.5, 0.6) is 5.75 Å². The Kier molecular flexibility index (Phi) is 4.53. The fourth-order valence-corrected chi connectivity index (χ4v) is 2.87. The lowest BCUT2D eigenvalue weighted by Crippen LogP contribution is -2.15. The smallest absolute Gasteiger partial charge is 0.120 e. The molecule has 0 saturated heterocycles. The van der Waals surface area contributed by atoms with Crippen molar-refractivity contribution in [3.05, 3.63) is 72.1 Å². The molecule has 0 atom stereocenters. The third-order valence-electron chi connectivity index (χ3n) is 4.43. The second-order valence-corrected chi connectivity index (χ2v) is 6.70. The average Bonchev–Trinajstić information content (AvgIpc) is 3.38. The number of benzene rings is 2. The molecule has 1 N–H and O–H groups in total. The van der Waals surface area contributed by atoms with Gasteiger partial charge in [0.15, 0.2) is 0 Å². The molecule has 0 unspecified atom stereocenters. The van der Waals surface area contributed by atoms with Crippen LogP contribution in [0.15, 0.2) is 60.9 Å². The maximum Gasteiger partial charge on any atom is 0.120 e. The second kappa shape index (κ2) is 7.11. The van der Waals surface area contributed by atoms with Crippen molar-refractivity contribution in [2.45, 2.75) is 32.0 Å². The molecule has 0 radical (unpaired) electrons. The zero-order valence-corrected chi connectivity index (χ0v) is 14.5. The van der Waals surface area contributed by atoms with Crippen LogP contribution in [0.2, 0.25) is 0 Å². The van der Waals surface area contributed by atoms with Gasteiger partial charge in [0.1, 0.15) is 12.4 Å². The van der Waals surface area contributed by atoms with Gasteiger partial charge in [0, 0.05) is 31.4 Å². The Balaban J connectivity index is 1.56. The molecule has 1 aliphatic rings. The number of aromatic nitrogens is 2. The van der Waals surface area contributed by atoms with Crippen molar-refractivity contribution in [2.75, 3.05) is 0 Å². The summed E-state index contributed by atoms with van der Waals surface area (Å²) in [6, 6.07) is 17.4. The van der Waals surface area contributed by atoms with Crippen LogP contribution in [0.25, 0.3) is 11.1 Å². The largest absolute Gasteiger partial charge is 0.489 e.